The van der Waals surface area contributed by atoms with Crippen LogP contribution in [-0.2, 0) is 13.0 Å². The van der Waals surface area contributed by atoms with E-state index in [-0.39, 0.29) is 18.6 Å². The predicted octanol–water partition coefficient (Wildman–Crippen LogP) is 0.966. The largest absolute Gasteiger partial charge is 0.394 e. The van der Waals surface area contributed by atoms with Crippen LogP contribution in [0, 0.1) is 0 Å². The highest BCUT2D eigenvalue weighted by Crippen LogP contribution is 2.06. The van der Waals surface area contributed by atoms with Gasteiger partial charge in [0.1, 0.15) is 5.69 Å². The van der Waals surface area contributed by atoms with Crippen LogP contribution < -0.4 is 5.32 Å². The molecule has 1 rings (SSSR count). The smallest absolute Gasteiger partial charge is 0.269 e. The van der Waals surface area contributed by atoms with Crippen molar-refractivity contribution in [3.8, 4) is 0 Å². The van der Waals surface area contributed by atoms with Crippen molar-refractivity contribution in [3.63, 3.8) is 0 Å². The zero-order chi connectivity index (χ0) is 12.8. The van der Waals surface area contributed by atoms with Gasteiger partial charge in [-0.05, 0) is 25.8 Å². The Kier molecular flexibility index (Phi) is 5.15. The van der Waals surface area contributed by atoms with Crippen molar-refractivity contribution < 1.29 is 9.90 Å². The number of aliphatic hydroxyl groups is 1. The number of rotatable bonds is 6. The van der Waals surface area contributed by atoms with Gasteiger partial charge in [-0.2, -0.15) is 5.10 Å². The Labute approximate surface area is 102 Å². The Morgan fingerprint density at radius 1 is 1.53 bits per heavy atom. The maximum Gasteiger partial charge on any atom is 0.269 e. The van der Waals surface area contributed by atoms with E-state index in [1.807, 2.05) is 26.8 Å². The summed E-state index contributed by atoms with van der Waals surface area (Å²) in [5.74, 6) is -0.167. The van der Waals surface area contributed by atoms with E-state index in [4.69, 9.17) is 5.11 Å². The van der Waals surface area contributed by atoms with Gasteiger partial charge in [-0.15, -0.1) is 0 Å². The Hall–Kier alpha value is -1.36. The van der Waals surface area contributed by atoms with Crippen LogP contribution in [-0.4, -0.2) is 33.4 Å². The first-order chi connectivity index (χ1) is 8.15. The zero-order valence-electron chi connectivity index (χ0n) is 10.7. The number of hydrogen-bond acceptors (Lipinski definition) is 3. The predicted molar refractivity (Wildman–Crippen MR) is 65.9 cm³/mol. The summed E-state index contributed by atoms with van der Waals surface area (Å²) < 4.78 is 1.69. The first-order valence-electron chi connectivity index (χ1n) is 6.14. The molecule has 0 aromatic carbocycles. The number of aryl methyl sites for hydroxylation is 2. The average Bonchev–Trinajstić information content (AvgIpc) is 2.78. The fourth-order valence-corrected chi connectivity index (χ4v) is 1.60. The molecule has 0 bridgehead atoms. The number of carbonyl (C=O) groups is 1. The Morgan fingerprint density at radius 2 is 2.24 bits per heavy atom. The van der Waals surface area contributed by atoms with Gasteiger partial charge in [0.15, 0.2) is 0 Å². The molecule has 2 N–H and O–H groups in total. The minimum Gasteiger partial charge on any atom is -0.394 e. The minimum absolute atomic E-state index is 0.0386. The van der Waals surface area contributed by atoms with Crippen molar-refractivity contribution in [2.24, 2.45) is 0 Å². The lowest BCUT2D eigenvalue weighted by atomic mass is 10.2. The fourth-order valence-electron chi connectivity index (χ4n) is 1.60. The van der Waals surface area contributed by atoms with Crippen LogP contribution in [0.2, 0.25) is 0 Å². The van der Waals surface area contributed by atoms with Crippen LogP contribution in [0.4, 0.5) is 0 Å². The van der Waals surface area contributed by atoms with E-state index in [1.54, 1.807) is 4.68 Å². The molecule has 5 heteroatoms. The van der Waals surface area contributed by atoms with Crippen molar-refractivity contribution in [1.29, 1.82) is 0 Å². The van der Waals surface area contributed by atoms with Gasteiger partial charge >= 0.3 is 0 Å². The SMILES string of the molecule is CCc1cc(C(=O)NC(CC)CO)n(CC)n1. The summed E-state index contributed by atoms with van der Waals surface area (Å²) >= 11 is 0. The number of hydrogen-bond donors (Lipinski definition) is 2. The minimum atomic E-state index is -0.187. The van der Waals surface area contributed by atoms with E-state index in [1.165, 1.54) is 0 Å². The van der Waals surface area contributed by atoms with Crippen molar-refractivity contribution in [2.45, 2.75) is 46.2 Å². The molecule has 1 unspecified atom stereocenters. The maximum atomic E-state index is 12.0. The van der Waals surface area contributed by atoms with E-state index in [0.29, 0.717) is 18.7 Å². The molecule has 17 heavy (non-hydrogen) atoms. The quantitative estimate of drug-likeness (QED) is 0.777. The van der Waals surface area contributed by atoms with E-state index < -0.39 is 0 Å². The Morgan fingerprint density at radius 3 is 2.71 bits per heavy atom. The third kappa shape index (κ3) is 3.30. The number of amides is 1. The van der Waals surface area contributed by atoms with Crippen LogP contribution in [0.1, 0.15) is 43.4 Å². The highest BCUT2D eigenvalue weighted by atomic mass is 16.3. The summed E-state index contributed by atoms with van der Waals surface area (Å²) in [5, 5.41) is 16.2. The molecule has 0 fully saturated rings. The molecule has 5 nitrogen and oxygen atoms in total. The Bertz CT molecular complexity index is 370. The van der Waals surface area contributed by atoms with Crippen molar-refractivity contribution in [2.75, 3.05) is 6.61 Å². The molecule has 0 aliphatic carbocycles. The molecule has 0 spiro atoms. The molecule has 1 heterocycles. The van der Waals surface area contributed by atoms with Gasteiger partial charge in [-0.1, -0.05) is 13.8 Å². The third-order valence-corrected chi connectivity index (χ3v) is 2.77. The zero-order valence-corrected chi connectivity index (χ0v) is 10.7. The second kappa shape index (κ2) is 6.39. The molecular weight excluding hydrogens is 218 g/mol. The molecule has 0 saturated heterocycles. The second-order valence-electron chi connectivity index (χ2n) is 3.95. The average molecular weight is 239 g/mol. The number of nitrogens with zero attached hydrogens (tertiary/aromatic N) is 2. The summed E-state index contributed by atoms with van der Waals surface area (Å²) in [7, 11) is 0. The molecule has 1 amide bonds. The van der Waals surface area contributed by atoms with Crippen molar-refractivity contribution in [1.82, 2.24) is 15.1 Å². The lowest BCUT2D eigenvalue weighted by Crippen LogP contribution is -2.37. The van der Waals surface area contributed by atoms with E-state index >= 15 is 0 Å². The summed E-state index contributed by atoms with van der Waals surface area (Å²) in [5.41, 5.74) is 1.48. The van der Waals surface area contributed by atoms with Gasteiger partial charge in [0.05, 0.1) is 18.3 Å². The molecule has 1 aromatic heterocycles. The summed E-state index contributed by atoms with van der Waals surface area (Å²) in [6, 6.07) is 1.62. The lowest BCUT2D eigenvalue weighted by molar-refractivity contribution is 0.0904. The second-order valence-corrected chi connectivity index (χ2v) is 3.95. The molecule has 0 aliphatic rings. The molecule has 0 saturated carbocycles. The fraction of sp³-hybridized carbons (Fsp3) is 0.667. The van der Waals surface area contributed by atoms with Gasteiger partial charge < -0.3 is 10.4 Å². The van der Waals surface area contributed by atoms with Gasteiger partial charge in [-0.25, -0.2) is 0 Å². The van der Waals surface area contributed by atoms with E-state index in [9.17, 15) is 4.79 Å². The van der Waals surface area contributed by atoms with Crippen LogP contribution in [0.3, 0.4) is 0 Å². The first kappa shape index (κ1) is 13.7. The van der Waals surface area contributed by atoms with E-state index in [2.05, 4.69) is 10.4 Å². The van der Waals surface area contributed by atoms with Crippen molar-refractivity contribution in [3.05, 3.63) is 17.5 Å². The Balaban J connectivity index is 2.83. The molecule has 1 aromatic rings. The van der Waals surface area contributed by atoms with Crippen LogP contribution in [0.15, 0.2) is 6.07 Å². The topological polar surface area (TPSA) is 67.2 Å². The van der Waals surface area contributed by atoms with E-state index in [0.717, 1.165) is 12.1 Å². The number of carbonyl (C=O) groups excluding carboxylic acids is 1. The van der Waals surface area contributed by atoms with Crippen LogP contribution in [0.5, 0.6) is 0 Å². The maximum absolute atomic E-state index is 12.0. The molecule has 96 valence electrons. The summed E-state index contributed by atoms with van der Waals surface area (Å²) in [6.45, 7) is 6.51. The monoisotopic (exact) mass is 239 g/mol. The standard InChI is InChI=1S/C12H21N3O2/c1-4-9-7-11(15(6-3)14-9)12(17)13-10(5-2)8-16/h7,10,16H,4-6,8H2,1-3H3,(H,13,17). The van der Waals surface area contributed by atoms with Gasteiger partial charge in [0.25, 0.3) is 5.91 Å². The normalized spacial score (nSPS) is 12.5. The van der Waals surface area contributed by atoms with Gasteiger partial charge in [0, 0.05) is 6.54 Å². The van der Waals surface area contributed by atoms with Crippen LogP contribution in [0.25, 0.3) is 0 Å². The first-order valence-corrected chi connectivity index (χ1v) is 6.14. The number of aliphatic hydroxyl groups excluding tert-OH is 1. The highest BCUT2D eigenvalue weighted by molar-refractivity contribution is 5.92. The molecular formula is C12H21N3O2. The molecule has 1 atom stereocenters. The van der Waals surface area contributed by atoms with Gasteiger partial charge in [-0.3, -0.25) is 9.48 Å². The number of nitrogens with one attached hydrogen (secondary N) is 1. The summed E-state index contributed by atoms with van der Waals surface area (Å²) in [4.78, 5) is 12.0. The summed E-state index contributed by atoms with van der Waals surface area (Å²) in [6.07, 6.45) is 1.52. The highest BCUT2D eigenvalue weighted by Gasteiger charge is 2.16. The van der Waals surface area contributed by atoms with Gasteiger partial charge in [0.2, 0.25) is 0 Å². The lowest BCUT2D eigenvalue weighted by Gasteiger charge is -2.14. The van der Waals surface area contributed by atoms with Crippen LogP contribution >= 0.6 is 0 Å². The number of aromatic nitrogens is 2. The molecule has 0 radical (unpaired) electrons. The molecule has 0 aliphatic heterocycles. The van der Waals surface area contributed by atoms with Crippen molar-refractivity contribution >= 4 is 5.91 Å². The third-order valence-electron chi connectivity index (χ3n) is 2.77.